The van der Waals surface area contributed by atoms with Crippen LogP contribution in [0.2, 0.25) is 15.1 Å². The van der Waals surface area contributed by atoms with E-state index in [0.717, 1.165) is 0 Å². The topological polar surface area (TPSA) is 97.3 Å². The lowest BCUT2D eigenvalue weighted by atomic mass is 10.1. The summed E-state index contributed by atoms with van der Waals surface area (Å²) in [6, 6.07) is 7.51. The summed E-state index contributed by atoms with van der Waals surface area (Å²) in [5.74, 6) is -0.615. The molecule has 2 amide bonds. The quantitative estimate of drug-likeness (QED) is 0.617. The summed E-state index contributed by atoms with van der Waals surface area (Å²) in [7, 11) is 1.53. The predicted octanol–water partition coefficient (Wildman–Crippen LogP) is 3.65. The fourth-order valence-electron chi connectivity index (χ4n) is 3.00. The van der Waals surface area contributed by atoms with E-state index < -0.39 is 17.9 Å². The zero-order valence-corrected chi connectivity index (χ0v) is 18.2. The maximum atomic E-state index is 12.8. The number of carbonyl (C=O) groups is 2. The first-order chi connectivity index (χ1) is 14.8. The van der Waals surface area contributed by atoms with Gasteiger partial charge in [-0.05, 0) is 6.07 Å². The fourth-order valence-corrected chi connectivity index (χ4v) is 3.56. The number of benzene rings is 1. The van der Waals surface area contributed by atoms with Crippen molar-refractivity contribution in [2.24, 2.45) is 0 Å². The lowest BCUT2D eigenvalue weighted by molar-refractivity contribution is -0.120. The Kier molecular flexibility index (Phi) is 5.95. The van der Waals surface area contributed by atoms with E-state index in [0.29, 0.717) is 32.9 Å². The van der Waals surface area contributed by atoms with Crippen LogP contribution in [0.25, 0.3) is 11.3 Å². The van der Waals surface area contributed by atoms with Gasteiger partial charge in [0.05, 0.1) is 27.0 Å². The lowest BCUT2D eigenvalue weighted by Gasteiger charge is -2.19. The van der Waals surface area contributed by atoms with E-state index in [1.54, 1.807) is 30.3 Å². The van der Waals surface area contributed by atoms with E-state index in [-0.39, 0.29) is 17.5 Å². The number of nitrogens with zero attached hydrogens (tertiary/aromatic N) is 4. The van der Waals surface area contributed by atoms with Gasteiger partial charge in [-0.3, -0.25) is 14.5 Å². The second kappa shape index (κ2) is 8.66. The van der Waals surface area contributed by atoms with Crippen LogP contribution in [0.3, 0.4) is 0 Å². The minimum Gasteiger partial charge on any atom is -0.487 e. The standard InChI is InChI=1S/C20H14Cl3N5O3/c1-28-18-15(6-10(21)7-25-18)31-9-14(20(28)30)26-19(29)17-24-8-13(23)16(27-17)11-4-2-3-5-12(11)22/h2-8,14H,9H2,1H3,(H,26,29)/t14-/m0/s1. The van der Waals surface area contributed by atoms with Crippen LogP contribution in [0.4, 0.5) is 5.82 Å². The number of likely N-dealkylation sites (N-methyl/N-ethyl adjacent to an activating group) is 1. The number of fused-ring (bicyclic) bond motifs is 1. The first-order valence-corrected chi connectivity index (χ1v) is 10.1. The van der Waals surface area contributed by atoms with E-state index in [1.165, 1.54) is 24.3 Å². The van der Waals surface area contributed by atoms with Crippen molar-refractivity contribution in [3.63, 3.8) is 0 Å². The Morgan fingerprint density at radius 3 is 2.71 bits per heavy atom. The third kappa shape index (κ3) is 4.27. The van der Waals surface area contributed by atoms with Crippen molar-refractivity contribution >= 4 is 52.4 Å². The summed E-state index contributed by atoms with van der Waals surface area (Å²) in [4.78, 5) is 39.3. The smallest absolute Gasteiger partial charge is 0.289 e. The number of hydrogen-bond donors (Lipinski definition) is 1. The Bertz CT molecular complexity index is 1190. The van der Waals surface area contributed by atoms with Crippen LogP contribution < -0.4 is 15.0 Å². The summed E-state index contributed by atoms with van der Waals surface area (Å²) in [5.41, 5.74) is 0.858. The highest BCUT2D eigenvalue weighted by molar-refractivity contribution is 6.36. The lowest BCUT2D eigenvalue weighted by Crippen LogP contribution is -2.49. The van der Waals surface area contributed by atoms with Crippen molar-refractivity contribution in [2.45, 2.75) is 6.04 Å². The molecule has 0 saturated carbocycles. The zero-order valence-electron chi connectivity index (χ0n) is 16.0. The molecule has 0 radical (unpaired) electrons. The summed E-state index contributed by atoms with van der Waals surface area (Å²) < 4.78 is 5.64. The van der Waals surface area contributed by atoms with Gasteiger partial charge in [0, 0.05) is 24.9 Å². The van der Waals surface area contributed by atoms with Gasteiger partial charge >= 0.3 is 0 Å². The molecule has 3 aromatic rings. The zero-order chi connectivity index (χ0) is 22.1. The third-order valence-electron chi connectivity index (χ3n) is 4.53. The Hall–Kier alpha value is -2.94. The average Bonchev–Trinajstić information content (AvgIpc) is 2.86. The van der Waals surface area contributed by atoms with Gasteiger partial charge in [-0.25, -0.2) is 15.0 Å². The van der Waals surface area contributed by atoms with Crippen LogP contribution in [-0.4, -0.2) is 46.5 Å². The highest BCUT2D eigenvalue weighted by Crippen LogP contribution is 2.32. The molecule has 3 heterocycles. The van der Waals surface area contributed by atoms with Crippen LogP contribution in [0, 0.1) is 0 Å². The molecule has 0 fully saturated rings. The Balaban J connectivity index is 1.58. The van der Waals surface area contributed by atoms with E-state index >= 15 is 0 Å². The first-order valence-electron chi connectivity index (χ1n) is 8.99. The largest absolute Gasteiger partial charge is 0.487 e. The summed E-state index contributed by atoms with van der Waals surface area (Å²) in [5, 5.41) is 3.62. The molecule has 4 rings (SSSR count). The number of pyridine rings is 1. The van der Waals surface area contributed by atoms with Gasteiger partial charge in [0.1, 0.15) is 12.6 Å². The number of amides is 2. The van der Waals surface area contributed by atoms with Gasteiger partial charge in [-0.2, -0.15) is 0 Å². The number of ether oxygens (including phenoxy) is 1. The molecule has 0 spiro atoms. The predicted molar refractivity (Wildman–Crippen MR) is 117 cm³/mol. The number of rotatable bonds is 3. The van der Waals surface area contributed by atoms with Gasteiger partial charge in [-0.15, -0.1) is 0 Å². The van der Waals surface area contributed by atoms with Crippen LogP contribution in [0.15, 0.2) is 42.7 Å². The third-order valence-corrected chi connectivity index (χ3v) is 5.35. The van der Waals surface area contributed by atoms with Gasteiger partial charge < -0.3 is 10.1 Å². The molecule has 158 valence electrons. The van der Waals surface area contributed by atoms with Crippen LogP contribution >= 0.6 is 34.8 Å². The number of aromatic nitrogens is 3. The molecule has 1 aromatic carbocycles. The van der Waals surface area contributed by atoms with Crippen molar-refractivity contribution in [1.29, 1.82) is 0 Å². The van der Waals surface area contributed by atoms with E-state index in [2.05, 4.69) is 20.3 Å². The molecule has 31 heavy (non-hydrogen) atoms. The molecule has 1 aliphatic rings. The summed E-state index contributed by atoms with van der Waals surface area (Å²) >= 11 is 18.4. The Labute approximate surface area is 192 Å². The number of anilines is 1. The minimum absolute atomic E-state index is 0.116. The molecule has 2 aromatic heterocycles. The fraction of sp³-hybridized carbons (Fsp3) is 0.150. The summed E-state index contributed by atoms with van der Waals surface area (Å²) in [6.07, 6.45) is 2.71. The molecular weight excluding hydrogens is 465 g/mol. The van der Waals surface area contributed by atoms with E-state index in [1.807, 2.05) is 0 Å². The SMILES string of the molecule is CN1C(=O)[C@@H](NC(=O)c2ncc(Cl)c(-c3ccccc3Cl)n2)COc2cc(Cl)cnc21. The highest BCUT2D eigenvalue weighted by Gasteiger charge is 2.32. The molecule has 1 aliphatic heterocycles. The van der Waals surface area contributed by atoms with Crippen LogP contribution in [0.1, 0.15) is 10.6 Å². The molecule has 11 heteroatoms. The number of nitrogens with one attached hydrogen (secondary N) is 1. The molecule has 0 unspecified atom stereocenters. The maximum absolute atomic E-state index is 12.8. The van der Waals surface area contributed by atoms with Crippen molar-refractivity contribution < 1.29 is 14.3 Å². The van der Waals surface area contributed by atoms with E-state index in [4.69, 9.17) is 39.5 Å². The second-order valence-electron chi connectivity index (χ2n) is 6.58. The molecule has 0 saturated heterocycles. The number of halogens is 3. The Morgan fingerprint density at radius 1 is 1.16 bits per heavy atom. The van der Waals surface area contributed by atoms with Crippen molar-refractivity contribution in [2.75, 3.05) is 18.6 Å². The molecule has 1 atom stereocenters. The van der Waals surface area contributed by atoms with Crippen LogP contribution in [-0.2, 0) is 4.79 Å². The van der Waals surface area contributed by atoms with E-state index in [9.17, 15) is 9.59 Å². The molecule has 0 bridgehead atoms. The molecular formula is C20H14Cl3N5O3. The highest BCUT2D eigenvalue weighted by atomic mass is 35.5. The summed E-state index contributed by atoms with van der Waals surface area (Å²) in [6.45, 7) is -0.116. The van der Waals surface area contributed by atoms with Crippen LogP contribution in [0.5, 0.6) is 5.75 Å². The monoisotopic (exact) mass is 477 g/mol. The minimum atomic E-state index is -0.992. The number of carbonyl (C=O) groups excluding carboxylic acids is 2. The molecule has 8 nitrogen and oxygen atoms in total. The average molecular weight is 479 g/mol. The molecule has 1 N–H and O–H groups in total. The maximum Gasteiger partial charge on any atom is 0.289 e. The molecule has 0 aliphatic carbocycles. The van der Waals surface area contributed by atoms with Gasteiger partial charge in [-0.1, -0.05) is 53.0 Å². The normalized spacial score (nSPS) is 15.7. The van der Waals surface area contributed by atoms with Gasteiger partial charge in [0.15, 0.2) is 11.6 Å². The van der Waals surface area contributed by atoms with Crippen molar-refractivity contribution in [3.05, 3.63) is 63.6 Å². The second-order valence-corrected chi connectivity index (χ2v) is 7.83. The van der Waals surface area contributed by atoms with Gasteiger partial charge in [0.2, 0.25) is 5.82 Å². The van der Waals surface area contributed by atoms with Crippen molar-refractivity contribution in [3.8, 4) is 17.0 Å². The number of hydrogen-bond acceptors (Lipinski definition) is 6. The van der Waals surface area contributed by atoms with Gasteiger partial charge in [0.25, 0.3) is 11.8 Å². The Morgan fingerprint density at radius 2 is 1.94 bits per heavy atom. The van der Waals surface area contributed by atoms with Crippen molar-refractivity contribution in [1.82, 2.24) is 20.3 Å². The first kappa shape index (κ1) is 21.3.